The summed E-state index contributed by atoms with van der Waals surface area (Å²) < 4.78 is 22.6. The maximum atomic E-state index is 14.9. The number of hydrogen-bond acceptors (Lipinski definition) is 7. The van der Waals surface area contributed by atoms with E-state index in [0.29, 0.717) is 15.8 Å². The van der Waals surface area contributed by atoms with Gasteiger partial charge in [0.25, 0.3) is 5.19 Å². The van der Waals surface area contributed by atoms with Gasteiger partial charge in [-0.25, -0.2) is 9.37 Å². The third-order valence-electron chi connectivity index (χ3n) is 6.06. The van der Waals surface area contributed by atoms with E-state index in [1.807, 2.05) is 20.0 Å². The minimum absolute atomic E-state index is 0.0892. The number of phenols is 1. The number of benzene rings is 1. The van der Waals surface area contributed by atoms with Crippen LogP contribution in [0.5, 0.6) is 10.9 Å². The molecule has 0 radical (unpaired) electrons. The van der Waals surface area contributed by atoms with Crippen LogP contribution < -0.4 is 4.74 Å². The van der Waals surface area contributed by atoms with Crippen LogP contribution >= 0.6 is 11.3 Å². The Kier molecular flexibility index (Phi) is 3.92. The van der Waals surface area contributed by atoms with Gasteiger partial charge in [0.2, 0.25) is 0 Å². The number of imidazole rings is 1. The van der Waals surface area contributed by atoms with Crippen LogP contribution in [0.4, 0.5) is 4.39 Å². The lowest BCUT2D eigenvalue weighted by Crippen LogP contribution is -2.54. The zero-order valence-electron chi connectivity index (χ0n) is 15.5. The molecule has 2 bridgehead atoms. The number of hydrogen-bond donors (Lipinski definition) is 1. The number of rotatable bonds is 4. The minimum Gasteiger partial charge on any atom is -0.507 e. The molecule has 0 amide bonds. The van der Waals surface area contributed by atoms with Crippen molar-refractivity contribution in [3.8, 4) is 27.2 Å². The Bertz CT molecular complexity index is 1010. The zero-order chi connectivity index (χ0) is 19.5. The molecule has 1 N–H and O–H groups in total. The van der Waals surface area contributed by atoms with Gasteiger partial charge in [-0.3, -0.25) is 4.90 Å². The molecule has 146 valence electrons. The highest BCUT2D eigenvalue weighted by atomic mass is 32.1. The highest BCUT2D eigenvalue weighted by Gasteiger charge is 2.60. The average molecular weight is 401 g/mol. The Hall–Kier alpha value is -2.52. The summed E-state index contributed by atoms with van der Waals surface area (Å²) in [5.74, 6) is 0.242. The van der Waals surface area contributed by atoms with Crippen molar-refractivity contribution in [2.75, 3.05) is 13.6 Å². The molecule has 4 atom stereocenters. The first kappa shape index (κ1) is 17.6. The van der Waals surface area contributed by atoms with Gasteiger partial charge >= 0.3 is 0 Å². The van der Waals surface area contributed by atoms with Crippen molar-refractivity contribution in [3.63, 3.8) is 0 Å². The third-order valence-corrected chi connectivity index (χ3v) is 6.91. The standard InChI is InChI=1S/C19H20FN5O2S/c1-19-8-11(9-24(19)2)15(16(19)20)27-18-23-22-17(28-18)13-4-3-12(7-14(13)26)25-6-5-21-10-25/h3-7,10-11,15-16,26H,8-9H2,1-2H3/t11-,15-,16-,19-/m1/s1. The summed E-state index contributed by atoms with van der Waals surface area (Å²) in [7, 11) is 1.96. The fraction of sp³-hybridized carbons (Fsp3) is 0.421. The molecule has 1 aliphatic heterocycles. The Morgan fingerprint density at radius 2 is 2.21 bits per heavy atom. The van der Waals surface area contributed by atoms with Gasteiger partial charge in [-0.1, -0.05) is 16.4 Å². The zero-order valence-corrected chi connectivity index (χ0v) is 16.3. The number of ether oxygens (including phenoxy) is 1. The summed E-state index contributed by atoms with van der Waals surface area (Å²) in [4.78, 5) is 6.08. The SMILES string of the molecule is CN1C[C@H]2C[C@]1(C)[C@H](F)[C@@H]2Oc1nnc(-c2ccc(-n3ccnc3)cc2O)s1. The Labute approximate surface area is 165 Å². The summed E-state index contributed by atoms with van der Waals surface area (Å²) in [6, 6.07) is 5.28. The number of likely N-dealkylation sites (tertiary alicyclic amines) is 1. The van der Waals surface area contributed by atoms with E-state index in [-0.39, 0.29) is 11.7 Å². The number of aromatic hydroxyl groups is 1. The summed E-state index contributed by atoms with van der Waals surface area (Å²) in [6.07, 6.45) is 4.35. The highest BCUT2D eigenvalue weighted by molar-refractivity contribution is 7.16. The van der Waals surface area contributed by atoms with E-state index in [1.165, 1.54) is 11.3 Å². The van der Waals surface area contributed by atoms with Crippen molar-refractivity contribution >= 4 is 11.3 Å². The molecule has 2 aliphatic rings. The molecule has 28 heavy (non-hydrogen) atoms. The Morgan fingerprint density at radius 1 is 1.36 bits per heavy atom. The van der Waals surface area contributed by atoms with Crippen LogP contribution in [0, 0.1) is 5.92 Å². The molecular weight excluding hydrogens is 381 g/mol. The lowest BCUT2D eigenvalue weighted by Gasteiger charge is -2.38. The first-order chi connectivity index (χ1) is 13.5. The molecule has 1 aliphatic carbocycles. The lowest BCUT2D eigenvalue weighted by atomic mass is 9.97. The van der Waals surface area contributed by atoms with Gasteiger partial charge in [0.1, 0.15) is 11.9 Å². The van der Waals surface area contributed by atoms with E-state index in [2.05, 4.69) is 20.1 Å². The number of halogens is 1. The predicted molar refractivity (Wildman–Crippen MR) is 103 cm³/mol. The highest BCUT2D eigenvalue weighted by Crippen LogP contribution is 2.49. The van der Waals surface area contributed by atoms with Crippen LogP contribution in [0.2, 0.25) is 0 Å². The molecule has 1 saturated heterocycles. The van der Waals surface area contributed by atoms with E-state index in [9.17, 15) is 9.50 Å². The Morgan fingerprint density at radius 3 is 2.89 bits per heavy atom. The van der Waals surface area contributed by atoms with Gasteiger partial charge in [0, 0.05) is 30.9 Å². The van der Waals surface area contributed by atoms with E-state index >= 15 is 0 Å². The molecule has 1 aromatic carbocycles. The largest absolute Gasteiger partial charge is 0.507 e. The van der Waals surface area contributed by atoms with Crippen LogP contribution in [-0.2, 0) is 0 Å². The number of fused-ring (bicyclic) bond motifs is 2. The number of nitrogens with zero attached hydrogens (tertiary/aromatic N) is 5. The van der Waals surface area contributed by atoms with Gasteiger partial charge in [-0.2, -0.15) is 0 Å². The molecule has 7 nitrogen and oxygen atoms in total. The van der Waals surface area contributed by atoms with Gasteiger partial charge < -0.3 is 14.4 Å². The van der Waals surface area contributed by atoms with E-state index < -0.39 is 17.8 Å². The fourth-order valence-electron chi connectivity index (χ4n) is 4.36. The molecular formula is C19H20FN5O2S. The molecule has 3 aromatic rings. The minimum atomic E-state index is -1.06. The number of aromatic nitrogens is 4. The van der Waals surface area contributed by atoms with Crippen molar-refractivity contribution in [3.05, 3.63) is 36.9 Å². The van der Waals surface area contributed by atoms with E-state index in [0.717, 1.165) is 18.7 Å². The van der Waals surface area contributed by atoms with Gasteiger partial charge in [-0.05, 0) is 32.5 Å². The quantitative estimate of drug-likeness (QED) is 0.725. The number of phenolic OH excluding ortho intramolecular Hbond substituents is 1. The molecule has 0 spiro atoms. The van der Waals surface area contributed by atoms with E-state index in [1.54, 1.807) is 35.4 Å². The normalized spacial score (nSPS) is 29.5. The van der Waals surface area contributed by atoms with Gasteiger partial charge in [-0.15, -0.1) is 5.10 Å². The monoisotopic (exact) mass is 401 g/mol. The molecule has 0 unspecified atom stereocenters. The van der Waals surface area contributed by atoms with Crippen LogP contribution in [0.25, 0.3) is 16.3 Å². The second-order valence-corrected chi connectivity index (χ2v) is 8.67. The summed E-state index contributed by atoms with van der Waals surface area (Å²) in [5.41, 5.74) is 0.886. The molecule has 2 aromatic heterocycles. The maximum absolute atomic E-state index is 14.9. The second-order valence-electron chi connectivity index (χ2n) is 7.73. The molecule has 3 heterocycles. The topological polar surface area (TPSA) is 76.3 Å². The number of alkyl halides is 1. The summed E-state index contributed by atoms with van der Waals surface area (Å²) >= 11 is 1.22. The fourth-order valence-corrected chi connectivity index (χ4v) is 5.13. The Balaban J connectivity index is 1.36. The number of piperidine rings is 1. The van der Waals surface area contributed by atoms with Crippen molar-refractivity contribution in [1.29, 1.82) is 0 Å². The van der Waals surface area contributed by atoms with Gasteiger partial charge in [0.15, 0.2) is 11.2 Å². The third kappa shape index (κ3) is 2.61. The first-order valence-corrected chi connectivity index (χ1v) is 9.94. The summed E-state index contributed by atoms with van der Waals surface area (Å²) in [6.45, 7) is 2.77. The molecule has 2 fully saturated rings. The van der Waals surface area contributed by atoms with Crippen molar-refractivity contribution in [2.45, 2.75) is 31.2 Å². The first-order valence-electron chi connectivity index (χ1n) is 9.13. The van der Waals surface area contributed by atoms with Crippen LogP contribution in [-0.4, -0.2) is 61.2 Å². The average Bonchev–Trinajstić information content (AvgIpc) is 3.43. The second kappa shape index (κ2) is 6.25. The predicted octanol–water partition coefficient (Wildman–Crippen LogP) is 2.91. The van der Waals surface area contributed by atoms with Crippen LogP contribution in [0.15, 0.2) is 36.9 Å². The van der Waals surface area contributed by atoms with Crippen molar-refractivity contribution in [1.82, 2.24) is 24.6 Å². The molecule has 5 rings (SSSR count). The molecule has 9 heteroatoms. The van der Waals surface area contributed by atoms with Gasteiger partial charge in [0.05, 0.1) is 23.1 Å². The van der Waals surface area contributed by atoms with Crippen molar-refractivity contribution < 1.29 is 14.2 Å². The van der Waals surface area contributed by atoms with Crippen molar-refractivity contribution in [2.24, 2.45) is 5.92 Å². The molecule has 1 saturated carbocycles. The van der Waals surface area contributed by atoms with E-state index in [4.69, 9.17) is 4.74 Å². The van der Waals surface area contributed by atoms with Crippen LogP contribution in [0.1, 0.15) is 13.3 Å². The van der Waals surface area contributed by atoms with Crippen LogP contribution in [0.3, 0.4) is 0 Å². The maximum Gasteiger partial charge on any atom is 0.294 e. The summed E-state index contributed by atoms with van der Waals surface area (Å²) in [5, 5.41) is 19.5. The smallest absolute Gasteiger partial charge is 0.294 e. The lowest BCUT2D eigenvalue weighted by molar-refractivity contribution is -0.0124.